The van der Waals surface area contributed by atoms with Crippen LogP contribution in [0.4, 0.5) is 0 Å². The SMILES string of the molecule is CN/C(N)=C(/NCO)C(=O)NC=O. The zero-order valence-electron chi connectivity index (χ0n) is 7.13. The summed E-state index contributed by atoms with van der Waals surface area (Å²) in [7, 11) is 1.50. The van der Waals surface area contributed by atoms with Gasteiger partial charge in [0.05, 0.1) is 0 Å². The first kappa shape index (κ1) is 11.2. The van der Waals surface area contributed by atoms with Gasteiger partial charge >= 0.3 is 0 Å². The Morgan fingerprint density at radius 3 is 2.62 bits per heavy atom. The minimum atomic E-state index is -0.712. The Morgan fingerprint density at radius 2 is 2.23 bits per heavy atom. The number of hydrogen-bond acceptors (Lipinski definition) is 6. The molecule has 0 saturated heterocycles. The Balaban J connectivity index is 4.59. The van der Waals surface area contributed by atoms with E-state index in [0.29, 0.717) is 0 Å². The van der Waals surface area contributed by atoms with Gasteiger partial charge in [-0.15, -0.1) is 0 Å². The van der Waals surface area contributed by atoms with E-state index in [0.717, 1.165) is 0 Å². The number of aliphatic hydroxyl groups excluding tert-OH is 1. The molecule has 0 aromatic heterocycles. The van der Waals surface area contributed by atoms with Crippen molar-refractivity contribution < 1.29 is 14.7 Å². The Kier molecular flexibility index (Phi) is 5.05. The van der Waals surface area contributed by atoms with Crippen LogP contribution in [0.5, 0.6) is 0 Å². The number of aliphatic hydroxyl groups is 1. The van der Waals surface area contributed by atoms with E-state index in [9.17, 15) is 9.59 Å². The van der Waals surface area contributed by atoms with Crippen molar-refractivity contribution in [1.29, 1.82) is 0 Å². The molecular weight excluding hydrogens is 176 g/mol. The molecular formula is C6H12N4O3. The zero-order chi connectivity index (χ0) is 10.3. The van der Waals surface area contributed by atoms with Gasteiger partial charge in [0.25, 0.3) is 5.91 Å². The second kappa shape index (κ2) is 5.84. The predicted octanol–water partition coefficient (Wildman–Crippen LogP) is -2.85. The number of nitrogens with two attached hydrogens (primary N) is 1. The quantitative estimate of drug-likeness (QED) is 0.180. The van der Waals surface area contributed by atoms with Gasteiger partial charge in [-0.1, -0.05) is 0 Å². The third kappa shape index (κ3) is 3.43. The summed E-state index contributed by atoms with van der Waals surface area (Å²) in [6.45, 7) is -0.454. The van der Waals surface area contributed by atoms with Crippen molar-refractivity contribution in [2.75, 3.05) is 13.8 Å². The summed E-state index contributed by atoms with van der Waals surface area (Å²) in [6, 6.07) is 0. The lowest BCUT2D eigenvalue weighted by Crippen LogP contribution is -2.36. The fourth-order valence-electron chi connectivity index (χ4n) is 0.628. The van der Waals surface area contributed by atoms with E-state index < -0.39 is 12.6 Å². The van der Waals surface area contributed by atoms with E-state index in [4.69, 9.17) is 10.8 Å². The van der Waals surface area contributed by atoms with Crippen LogP contribution in [0.2, 0.25) is 0 Å². The monoisotopic (exact) mass is 188 g/mol. The third-order valence-electron chi connectivity index (χ3n) is 1.21. The largest absolute Gasteiger partial charge is 0.384 e. The van der Waals surface area contributed by atoms with Crippen molar-refractivity contribution in [3.8, 4) is 0 Å². The number of amides is 2. The Labute approximate surface area is 75.0 Å². The van der Waals surface area contributed by atoms with Gasteiger partial charge in [0.15, 0.2) is 0 Å². The molecule has 0 unspecified atom stereocenters. The fraction of sp³-hybridized carbons (Fsp3) is 0.333. The standard InChI is InChI=1S/C6H12N4O3/c1-8-5(7)4(9-2-11)6(13)10-3-12/h3,8-9,11H,2,7H2,1H3,(H,10,12,13)/b5-4+. The number of rotatable bonds is 5. The van der Waals surface area contributed by atoms with Crippen LogP contribution in [0.15, 0.2) is 11.5 Å². The van der Waals surface area contributed by atoms with E-state index in [-0.39, 0.29) is 17.9 Å². The molecule has 7 heteroatoms. The zero-order valence-corrected chi connectivity index (χ0v) is 7.13. The molecule has 13 heavy (non-hydrogen) atoms. The molecule has 0 aliphatic heterocycles. The molecule has 6 N–H and O–H groups in total. The number of carbonyl (C=O) groups excluding carboxylic acids is 2. The maximum Gasteiger partial charge on any atom is 0.277 e. The Bertz CT molecular complexity index is 226. The second-order valence-corrected chi connectivity index (χ2v) is 1.96. The highest BCUT2D eigenvalue weighted by Gasteiger charge is 2.11. The molecule has 0 saturated carbocycles. The first-order chi connectivity index (χ1) is 6.17. The van der Waals surface area contributed by atoms with Gasteiger partial charge in [-0.25, -0.2) is 0 Å². The number of nitrogens with one attached hydrogen (secondary N) is 3. The molecule has 0 bridgehead atoms. The average molecular weight is 188 g/mol. The fourth-order valence-corrected chi connectivity index (χ4v) is 0.628. The lowest BCUT2D eigenvalue weighted by molar-refractivity contribution is -0.122. The van der Waals surface area contributed by atoms with Gasteiger partial charge in [-0.2, -0.15) is 0 Å². The highest BCUT2D eigenvalue weighted by molar-refractivity contribution is 5.99. The van der Waals surface area contributed by atoms with E-state index >= 15 is 0 Å². The summed E-state index contributed by atoms with van der Waals surface area (Å²) < 4.78 is 0. The molecule has 0 aliphatic rings. The third-order valence-corrected chi connectivity index (χ3v) is 1.21. The maximum atomic E-state index is 11.0. The molecule has 0 aromatic rings. The highest BCUT2D eigenvalue weighted by Crippen LogP contribution is 1.90. The molecule has 7 nitrogen and oxygen atoms in total. The van der Waals surface area contributed by atoms with E-state index in [2.05, 4.69) is 10.6 Å². The van der Waals surface area contributed by atoms with Crippen LogP contribution in [0.1, 0.15) is 0 Å². The molecule has 0 spiro atoms. The Hall–Kier alpha value is -1.76. The lowest BCUT2D eigenvalue weighted by atomic mass is 10.4. The van der Waals surface area contributed by atoms with Crippen molar-refractivity contribution >= 4 is 12.3 Å². The van der Waals surface area contributed by atoms with E-state index in [1.54, 1.807) is 0 Å². The number of hydrogen-bond donors (Lipinski definition) is 5. The van der Waals surface area contributed by atoms with Crippen molar-refractivity contribution in [3.05, 3.63) is 11.5 Å². The molecule has 0 atom stereocenters. The summed E-state index contributed by atoms with van der Waals surface area (Å²) in [5.41, 5.74) is 5.27. The van der Waals surface area contributed by atoms with Crippen LogP contribution < -0.4 is 21.7 Å². The first-order valence-corrected chi connectivity index (χ1v) is 3.44. The van der Waals surface area contributed by atoms with Crippen LogP contribution in [-0.2, 0) is 9.59 Å². The molecule has 0 aliphatic carbocycles. The van der Waals surface area contributed by atoms with Gasteiger partial charge in [0.1, 0.15) is 18.2 Å². The maximum absolute atomic E-state index is 11.0. The van der Waals surface area contributed by atoms with Gasteiger partial charge in [-0.3, -0.25) is 14.9 Å². The second-order valence-electron chi connectivity index (χ2n) is 1.96. The van der Waals surface area contributed by atoms with Crippen molar-refractivity contribution in [1.82, 2.24) is 16.0 Å². The molecule has 0 radical (unpaired) electrons. The summed E-state index contributed by atoms with van der Waals surface area (Å²) in [4.78, 5) is 21.0. The van der Waals surface area contributed by atoms with Crippen molar-refractivity contribution in [2.24, 2.45) is 5.73 Å². The summed E-state index contributed by atoms with van der Waals surface area (Å²) in [5.74, 6) is -0.677. The lowest BCUT2D eigenvalue weighted by Gasteiger charge is -2.09. The minimum absolute atomic E-state index is 0.0356. The van der Waals surface area contributed by atoms with E-state index in [1.165, 1.54) is 7.05 Å². The molecule has 74 valence electrons. The van der Waals surface area contributed by atoms with Crippen molar-refractivity contribution in [3.63, 3.8) is 0 Å². The smallest absolute Gasteiger partial charge is 0.277 e. The summed E-state index contributed by atoms with van der Waals surface area (Å²) >= 11 is 0. The van der Waals surface area contributed by atoms with Crippen LogP contribution >= 0.6 is 0 Å². The van der Waals surface area contributed by atoms with Crippen LogP contribution in [0.25, 0.3) is 0 Å². The van der Waals surface area contributed by atoms with Crippen molar-refractivity contribution in [2.45, 2.75) is 0 Å². The summed E-state index contributed by atoms with van der Waals surface area (Å²) in [5, 5.41) is 15.2. The van der Waals surface area contributed by atoms with Gasteiger partial charge in [0, 0.05) is 7.05 Å². The van der Waals surface area contributed by atoms with E-state index in [1.807, 2.05) is 5.32 Å². The topological polar surface area (TPSA) is 116 Å². The minimum Gasteiger partial charge on any atom is -0.384 e. The van der Waals surface area contributed by atoms with Gasteiger partial charge in [-0.05, 0) is 0 Å². The average Bonchev–Trinajstić information content (AvgIpc) is 2.13. The molecule has 0 aromatic carbocycles. The number of carbonyl (C=O) groups is 2. The first-order valence-electron chi connectivity index (χ1n) is 3.44. The van der Waals surface area contributed by atoms with Gasteiger partial charge in [0.2, 0.25) is 6.41 Å². The molecule has 2 amide bonds. The highest BCUT2D eigenvalue weighted by atomic mass is 16.3. The van der Waals surface area contributed by atoms with Crippen LogP contribution in [0, 0.1) is 0 Å². The normalized spacial score (nSPS) is 11.2. The molecule has 0 fully saturated rings. The summed E-state index contributed by atoms with van der Waals surface area (Å²) in [6.07, 6.45) is 0.227. The molecule has 0 rings (SSSR count). The Morgan fingerprint density at radius 1 is 1.62 bits per heavy atom. The van der Waals surface area contributed by atoms with Crippen LogP contribution in [-0.4, -0.2) is 31.2 Å². The number of imide groups is 1. The van der Waals surface area contributed by atoms with Gasteiger partial charge < -0.3 is 21.5 Å². The predicted molar refractivity (Wildman–Crippen MR) is 44.7 cm³/mol. The molecule has 0 heterocycles. The van der Waals surface area contributed by atoms with Crippen LogP contribution in [0.3, 0.4) is 0 Å².